The molecule has 0 aliphatic carbocycles. The van der Waals surface area contributed by atoms with Crippen LogP contribution in [-0.4, -0.2) is 24.1 Å². The van der Waals surface area contributed by atoms with E-state index in [-0.39, 0.29) is 18.6 Å². The molecule has 1 amide bonds. The van der Waals surface area contributed by atoms with Gasteiger partial charge in [-0.05, 0) is 50.2 Å². The van der Waals surface area contributed by atoms with E-state index in [0.717, 1.165) is 11.4 Å². The molecule has 2 rings (SSSR count). The molecule has 0 aliphatic rings. The van der Waals surface area contributed by atoms with E-state index in [4.69, 9.17) is 9.47 Å². The zero-order valence-electron chi connectivity index (χ0n) is 12.8. The van der Waals surface area contributed by atoms with Crippen molar-refractivity contribution in [3.63, 3.8) is 0 Å². The number of hydrogen-bond donors (Lipinski definition) is 1. The predicted molar refractivity (Wildman–Crippen MR) is 83.9 cm³/mol. The predicted octanol–water partition coefficient (Wildman–Crippen LogP) is 2.74. The fourth-order valence-corrected chi connectivity index (χ4v) is 1.94. The maximum Gasteiger partial charge on any atom is 0.258 e. The molecule has 1 N–H and O–H groups in total. The smallest absolute Gasteiger partial charge is 0.258 e. The van der Waals surface area contributed by atoms with Crippen molar-refractivity contribution >= 4 is 5.91 Å². The van der Waals surface area contributed by atoms with Gasteiger partial charge in [0.25, 0.3) is 5.91 Å². The molecule has 1 heterocycles. The van der Waals surface area contributed by atoms with Crippen LogP contribution in [0.15, 0.2) is 48.7 Å². The highest BCUT2D eigenvalue weighted by Crippen LogP contribution is 2.17. The van der Waals surface area contributed by atoms with E-state index in [1.54, 1.807) is 18.3 Å². The minimum absolute atomic E-state index is 0.0366. The summed E-state index contributed by atoms with van der Waals surface area (Å²) in [5.41, 5.74) is 0.817. The van der Waals surface area contributed by atoms with Gasteiger partial charge in [-0.25, -0.2) is 0 Å². The Morgan fingerprint density at radius 1 is 1.14 bits per heavy atom. The lowest BCUT2D eigenvalue weighted by Crippen LogP contribution is -2.31. The van der Waals surface area contributed by atoms with E-state index >= 15 is 0 Å². The van der Waals surface area contributed by atoms with Gasteiger partial charge in [-0.1, -0.05) is 6.07 Å². The number of amides is 1. The first kappa shape index (κ1) is 15.8. The van der Waals surface area contributed by atoms with Gasteiger partial charge in [0, 0.05) is 6.20 Å². The average Bonchev–Trinajstić information content (AvgIpc) is 2.55. The van der Waals surface area contributed by atoms with Crippen LogP contribution in [0.4, 0.5) is 0 Å². The van der Waals surface area contributed by atoms with Gasteiger partial charge in [0.15, 0.2) is 6.61 Å². The molecule has 0 bridgehead atoms. The molecule has 1 aromatic heterocycles. The first-order chi connectivity index (χ1) is 10.7. The van der Waals surface area contributed by atoms with Crippen LogP contribution in [-0.2, 0) is 4.79 Å². The molecule has 0 saturated heterocycles. The largest absolute Gasteiger partial charge is 0.494 e. The van der Waals surface area contributed by atoms with Crippen LogP contribution in [0.1, 0.15) is 25.6 Å². The average molecular weight is 300 g/mol. The molecule has 1 unspecified atom stereocenters. The Morgan fingerprint density at radius 3 is 2.41 bits per heavy atom. The first-order valence-electron chi connectivity index (χ1n) is 7.25. The van der Waals surface area contributed by atoms with Crippen LogP contribution in [0, 0.1) is 0 Å². The number of nitrogens with one attached hydrogen (secondary N) is 1. The number of hydrogen-bond acceptors (Lipinski definition) is 4. The Kier molecular flexibility index (Phi) is 5.77. The number of carbonyl (C=O) groups excluding carboxylic acids is 1. The molecule has 0 radical (unpaired) electrons. The summed E-state index contributed by atoms with van der Waals surface area (Å²) in [7, 11) is 0. The van der Waals surface area contributed by atoms with E-state index in [9.17, 15) is 4.79 Å². The van der Waals surface area contributed by atoms with E-state index < -0.39 is 0 Å². The monoisotopic (exact) mass is 300 g/mol. The molecule has 0 spiro atoms. The molecule has 0 aliphatic heterocycles. The van der Waals surface area contributed by atoms with E-state index in [1.165, 1.54) is 0 Å². The van der Waals surface area contributed by atoms with Crippen molar-refractivity contribution in [1.82, 2.24) is 10.3 Å². The summed E-state index contributed by atoms with van der Waals surface area (Å²) >= 11 is 0. The summed E-state index contributed by atoms with van der Waals surface area (Å²) < 4.78 is 10.8. The summed E-state index contributed by atoms with van der Waals surface area (Å²) in [5, 5.41) is 2.85. The van der Waals surface area contributed by atoms with Crippen LogP contribution in [0.5, 0.6) is 11.5 Å². The van der Waals surface area contributed by atoms with Crippen molar-refractivity contribution in [1.29, 1.82) is 0 Å². The van der Waals surface area contributed by atoms with Gasteiger partial charge in [-0.15, -0.1) is 0 Å². The quantitative estimate of drug-likeness (QED) is 0.854. The number of carbonyl (C=O) groups is 1. The maximum atomic E-state index is 11.9. The fourth-order valence-electron chi connectivity index (χ4n) is 1.94. The summed E-state index contributed by atoms with van der Waals surface area (Å²) in [6.07, 6.45) is 1.70. The second kappa shape index (κ2) is 8.02. The molecule has 116 valence electrons. The molecule has 0 saturated carbocycles. The van der Waals surface area contributed by atoms with Gasteiger partial charge in [-0.3, -0.25) is 9.78 Å². The second-order valence-corrected chi connectivity index (χ2v) is 4.74. The Hall–Kier alpha value is -2.56. The molecule has 22 heavy (non-hydrogen) atoms. The van der Waals surface area contributed by atoms with Crippen molar-refractivity contribution in [2.45, 2.75) is 19.9 Å². The van der Waals surface area contributed by atoms with Crippen molar-refractivity contribution in [3.8, 4) is 11.5 Å². The van der Waals surface area contributed by atoms with Gasteiger partial charge in [-0.2, -0.15) is 0 Å². The van der Waals surface area contributed by atoms with Crippen LogP contribution in [0.2, 0.25) is 0 Å². The molecule has 1 atom stereocenters. The number of aromatic nitrogens is 1. The van der Waals surface area contributed by atoms with E-state index in [2.05, 4.69) is 10.3 Å². The molecule has 1 aromatic carbocycles. The maximum absolute atomic E-state index is 11.9. The fraction of sp³-hybridized carbons (Fsp3) is 0.294. The van der Waals surface area contributed by atoms with Crippen molar-refractivity contribution in [2.75, 3.05) is 13.2 Å². The SMILES string of the molecule is CCOc1ccc(OCC(=O)NC(C)c2ccccn2)cc1. The lowest BCUT2D eigenvalue weighted by Gasteiger charge is -2.13. The summed E-state index contributed by atoms with van der Waals surface area (Å²) in [6, 6.07) is 12.6. The number of rotatable bonds is 7. The van der Waals surface area contributed by atoms with Crippen molar-refractivity contribution in [2.24, 2.45) is 0 Å². The Morgan fingerprint density at radius 2 is 1.82 bits per heavy atom. The molecule has 5 nitrogen and oxygen atoms in total. The number of pyridine rings is 1. The minimum atomic E-state index is -0.188. The molecule has 2 aromatic rings. The standard InChI is InChI=1S/C17H20N2O3/c1-3-21-14-7-9-15(10-8-14)22-12-17(20)19-13(2)16-6-4-5-11-18-16/h4-11,13H,3,12H2,1-2H3,(H,19,20). The zero-order chi connectivity index (χ0) is 15.8. The van der Waals surface area contributed by atoms with Crippen molar-refractivity contribution in [3.05, 3.63) is 54.4 Å². The van der Waals surface area contributed by atoms with Crippen LogP contribution in [0.25, 0.3) is 0 Å². The minimum Gasteiger partial charge on any atom is -0.494 e. The highest BCUT2D eigenvalue weighted by Gasteiger charge is 2.10. The Balaban J connectivity index is 1.80. The third-order valence-corrected chi connectivity index (χ3v) is 3.01. The lowest BCUT2D eigenvalue weighted by atomic mass is 10.2. The highest BCUT2D eigenvalue weighted by molar-refractivity contribution is 5.77. The summed E-state index contributed by atoms with van der Waals surface area (Å²) in [6.45, 7) is 4.40. The third-order valence-electron chi connectivity index (χ3n) is 3.01. The van der Waals surface area contributed by atoms with Crippen LogP contribution in [0.3, 0.4) is 0 Å². The van der Waals surface area contributed by atoms with Gasteiger partial charge in [0.1, 0.15) is 11.5 Å². The van der Waals surface area contributed by atoms with Gasteiger partial charge >= 0.3 is 0 Å². The normalized spacial score (nSPS) is 11.5. The van der Waals surface area contributed by atoms with Crippen molar-refractivity contribution < 1.29 is 14.3 Å². The molecular weight excluding hydrogens is 280 g/mol. The zero-order valence-corrected chi connectivity index (χ0v) is 12.8. The third kappa shape index (κ3) is 4.77. The number of benzene rings is 1. The summed E-state index contributed by atoms with van der Waals surface area (Å²) in [4.78, 5) is 16.1. The Bertz CT molecular complexity index is 585. The van der Waals surface area contributed by atoms with E-state index in [0.29, 0.717) is 12.4 Å². The molecular formula is C17H20N2O3. The van der Waals surface area contributed by atoms with Crippen LogP contribution >= 0.6 is 0 Å². The van der Waals surface area contributed by atoms with Gasteiger partial charge in [0.2, 0.25) is 0 Å². The highest BCUT2D eigenvalue weighted by atomic mass is 16.5. The Labute approximate surface area is 130 Å². The molecule has 0 fully saturated rings. The topological polar surface area (TPSA) is 60.5 Å². The van der Waals surface area contributed by atoms with Crippen LogP contribution < -0.4 is 14.8 Å². The second-order valence-electron chi connectivity index (χ2n) is 4.74. The van der Waals surface area contributed by atoms with E-state index in [1.807, 2.05) is 44.2 Å². The summed E-state index contributed by atoms with van der Waals surface area (Å²) in [5.74, 6) is 1.22. The number of ether oxygens (including phenoxy) is 2. The number of nitrogens with zero attached hydrogens (tertiary/aromatic N) is 1. The molecule has 5 heteroatoms. The van der Waals surface area contributed by atoms with Gasteiger partial charge < -0.3 is 14.8 Å². The lowest BCUT2D eigenvalue weighted by molar-refractivity contribution is -0.123. The first-order valence-corrected chi connectivity index (χ1v) is 7.25. The van der Waals surface area contributed by atoms with Gasteiger partial charge in [0.05, 0.1) is 18.3 Å².